The van der Waals surface area contributed by atoms with Gasteiger partial charge in [-0.15, -0.1) is 11.3 Å². The summed E-state index contributed by atoms with van der Waals surface area (Å²) in [7, 11) is 0. The van der Waals surface area contributed by atoms with Gasteiger partial charge in [-0.25, -0.2) is 4.79 Å². The number of carbonyl (C=O) groups excluding carboxylic acids is 1. The largest absolute Gasteiger partial charge is 0.477 e. The molecule has 1 aliphatic rings. The Morgan fingerprint density at radius 3 is 2.72 bits per heavy atom. The van der Waals surface area contributed by atoms with Crippen LogP contribution in [0.15, 0.2) is 5.38 Å². The Bertz CT molecular complexity index is 481. The van der Waals surface area contributed by atoms with E-state index in [-0.39, 0.29) is 16.7 Å². The molecule has 0 saturated heterocycles. The van der Waals surface area contributed by atoms with Gasteiger partial charge in [-0.3, -0.25) is 4.79 Å². The Kier molecular flexibility index (Phi) is 3.71. The van der Waals surface area contributed by atoms with Crippen molar-refractivity contribution in [2.45, 2.75) is 33.1 Å². The number of carboxylic acid groups (broad SMARTS) is 1. The van der Waals surface area contributed by atoms with Crippen LogP contribution in [-0.4, -0.2) is 17.0 Å². The first kappa shape index (κ1) is 13.1. The number of aromatic carboxylic acids is 1. The van der Waals surface area contributed by atoms with E-state index in [0.29, 0.717) is 11.6 Å². The zero-order valence-electron chi connectivity index (χ0n) is 10.5. The third kappa shape index (κ3) is 2.41. The molecule has 1 aromatic rings. The van der Waals surface area contributed by atoms with Crippen LogP contribution in [0.5, 0.6) is 0 Å². The van der Waals surface area contributed by atoms with Gasteiger partial charge in [-0.1, -0.05) is 13.3 Å². The predicted molar refractivity (Wildman–Crippen MR) is 71.2 cm³/mol. The lowest BCUT2D eigenvalue weighted by atomic mass is 9.97. The van der Waals surface area contributed by atoms with Gasteiger partial charge in [0.25, 0.3) is 0 Å². The molecule has 0 radical (unpaired) electrons. The van der Waals surface area contributed by atoms with Gasteiger partial charge in [-0.2, -0.15) is 0 Å². The van der Waals surface area contributed by atoms with Crippen LogP contribution < -0.4 is 5.32 Å². The second-order valence-corrected chi connectivity index (χ2v) is 5.81. The van der Waals surface area contributed by atoms with E-state index in [9.17, 15) is 9.59 Å². The second kappa shape index (κ2) is 5.10. The number of hydrogen-bond donors (Lipinski definition) is 2. The molecule has 1 heterocycles. The van der Waals surface area contributed by atoms with E-state index in [0.717, 1.165) is 36.2 Å². The third-order valence-corrected chi connectivity index (χ3v) is 4.70. The molecule has 0 aromatic carbocycles. The first-order chi connectivity index (χ1) is 8.50. The third-order valence-electron chi connectivity index (χ3n) is 3.62. The molecule has 98 valence electrons. The Morgan fingerprint density at radius 1 is 1.44 bits per heavy atom. The van der Waals surface area contributed by atoms with Crippen LogP contribution in [0.3, 0.4) is 0 Å². The lowest BCUT2D eigenvalue weighted by Crippen LogP contribution is -2.25. The van der Waals surface area contributed by atoms with Gasteiger partial charge < -0.3 is 10.4 Å². The molecule has 2 N–H and O–H groups in total. The number of nitrogens with one attached hydrogen (secondary N) is 1. The molecule has 1 aliphatic carbocycles. The number of carboxylic acids is 1. The van der Waals surface area contributed by atoms with Crippen LogP contribution in [0.1, 0.15) is 41.4 Å². The molecule has 0 aliphatic heterocycles. The van der Waals surface area contributed by atoms with Crippen LogP contribution in [0.2, 0.25) is 0 Å². The molecule has 2 unspecified atom stereocenters. The maximum atomic E-state index is 12.2. The summed E-state index contributed by atoms with van der Waals surface area (Å²) < 4.78 is 0. The summed E-state index contributed by atoms with van der Waals surface area (Å²) in [4.78, 5) is 23.4. The number of hydrogen-bond acceptors (Lipinski definition) is 3. The quantitative estimate of drug-likeness (QED) is 0.884. The van der Waals surface area contributed by atoms with E-state index in [2.05, 4.69) is 12.2 Å². The number of amides is 1. The standard InChI is InChI=1S/C13H17NO3S/c1-7-4-3-5-9(7)12(15)14-10-8(2)6-18-11(10)13(16)17/h6-7,9H,3-5H2,1-2H3,(H,14,15)(H,16,17). The fraction of sp³-hybridized carbons (Fsp3) is 0.538. The van der Waals surface area contributed by atoms with Crippen LogP contribution in [0.4, 0.5) is 5.69 Å². The molecule has 0 spiro atoms. The van der Waals surface area contributed by atoms with Gasteiger partial charge in [0.05, 0.1) is 5.69 Å². The highest BCUT2D eigenvalue weighted by atomic mass is 32.1. The Morgan fingerprint density at radius 2 is 2.17 bits per heavy atom. The zero-order valence-corrected chi connectivity index (χ0v) is 11.3. The van der Waals surface area contributed by atoms with Crippen LogP contribution >= 0.6 is 11.3 Å². The molecular formula is C13H17NO3S. The highest BCUT2D eigenvalue weighted by Gasteiger charge is 2.30. The van der Waals surface area contributed by atoms with Crippen LogP contribution in [-0.2, 0) is 4.79 Å². The first-order valence-electron chi connectivity index (χ1n) is 6.13. The van der Waals surface area contributed by atoms with Crippen molar-refractivity contribution >= 4 is 28.9 Å². The number of aryl methyl sites for hydroxylation is 1. The molecule has 2 atom stereocenters. The van der Waals surface area contributed by atoms with Gasteiger partial charge in [0.1, 0.15) is 4.88 Å². The lowest BCUT2D eigenvalue weighted by molar-refractivity contribution is -0.120. The normalized spacial score (nSPS) is 23.0. The van der Waals surface area contributed by atoms with Crippen molar-refractivity contribution in [1.29, 1.82) is 0 Å². The van der Waals surface area contributed by atoms with Gasteiger partial charge >= 0.3 is 5.97 Å². The minimum Gasteiger partial charge on any atom is -0.477 e. The summed E-state index contributed by atoms with van der Waals surface area (Å²) in [6, 6.07) is 0. The summed E-state index contributed by atoms with van der Waals surface area (Å²) in [5.74, 6) is -0.616. The van der Waals surface area contributed by atoms with Crippen molar-refractivity contribution in [3.05, 3.63) is 15.8 Å². The van der Waals surface area contributed by atoms with Gasteiger partial charge in [0.15, 0.2) is 0 Å². The SMILES string of the molecule is Cc1csc(C(=O)O)c1NC(=O)C1CCCC1C. The Labute approximate surface area is 110 Å². The summed E-state index contributed by atoms with van der Waals surface area (Å²) in [5.41, 5.74) is 1.29. The van der Waals surface area contributed by atoms with Gasteiger partial charge in [0.2, 0.25) is 5.91 Å². The molecule has 4 nitrogen and oxygen atoms in total. The summed E-state index contributed by atoms with van der Waals surface area (Å²) in [5, 5.41) is 13.6. The number of rotatable bonds is 3. The Hall–Kier alpha value is -1.36. The minimum absolute atomic E-state index is 0.0194. The monoisotopic (exact) mass is 267 g/mol. The average Bonchev–Trinajstić information content (AvgIpc) is 2.86. The molecular weight excluding hydrogens is 250 g/mol. The average molecular weight is 267 g/mol. The van der Waals surface area contributed by atoms with Gasteiger partial charge in [-0.05, 0) is 36.6 Å². The van der Waals surface area contributed by atoms with Crippen molar-refractivity contribution in [2.24, 2.45) is 11.8 Å². The molecule has 1 fully saturated rings. The van der Waals surface area contributed by atoms with E-state index < -0.39 is 5.97 Å². The minimum atomic E-state index is -0.983. The van der Waals surface area contributed by atoms with E-state index in [4.69, 9.17) is 5.11 Å². The smallest absolute Gasteiger partial charge is 0.348 e. The number of carbonyl (C=O) groups is 2. The van der Waals surface area contributed by atoms with E-state index in [1.807, 2.05) is 6.92 Å². The number of anilines is 1. The topological polar surface area (TPSA) is 66.4 Å². The highest BCUT2D eigenvalue weighted by Crippen LogP contribution is 2.34. The highest BCUT2D eigenvalue weighted by molar-refractivity contribution is 7.12. The van der Waals surface area contributed by atoms with Crippen molar-refractivity contribution in [3.63, 3.8) is 0 Å². The van der Waals surface area contributed by atoms with Crippen molar-refractivity contribution in [3.8, 4) is 0 Å². The molecule has 2 rings (SSSR count). The molecule has 0 bridgehead atoms. The molecule has 1 amide bonds. The maximum absolute atomic E-state index is 12.2. The van der Waals surface area contributed by atoms with Crippen LogP contribution in [0.25, 0.3) is 0 Å². The fourth-order valence-corrected chi connectivity index (χ4v) is 3.35. The van der Waals surface area contributed by atoms with Crippen LogP contribution in [0, 0.1) is 18.8 Å². The predicted octanol–water partition coefficient (Wildman–Crippen LogP) is 3.13. The maximum Gasteiger partial charge on any atom is 0.348 e. The first-order valence-corrected chi connectivity index (χ1v) is 7.01. The second-order valence-electron chi connectivity index (χ2n) is 4.93. The fourth-order valence-electron chi connectivity index (χ4n) is 2.51. The lowest BCUT2D eigenvalue weighted by Gasteiger charge is -2.15. The summed E-state index contributed by atoms with van der Waals surface area (Å²) in [6.07, 6.45) is 3.05. The van der Waals surface area contributed by atoms with E-state index in [1.165, 1.54) is 0 Å². The molecule has 1 aromatic heterocycles. The zero-order chi connectivity index (χ0) is 13.3. The Balaban J connectivity index is 2.16. The summed E-state index contributed by atoms with van der Waals surface area (Å²) in [6.45, 7) is 3.90. The van der Waals surface area contributed by atoms with Gasteiger partial charge in [0, 0.05) is 5.92 Å². The van der Waals surface area contributed by atoms with Crippen molar-refractivity contribution in [1.82, 2.24) is 0 Å². The van der Waals surface area contributed by atoms with Crippen molar-refractivity contribution in [2.75, 3.05) is 5.32 Å². The molecule has 5 heteroatoms. The summed E-state index contributed by atoms with van der Waals surface area (Å²) >= 11 is 1.16. The molecule has 1 saturated carbocycles. The van der Waals surface area contributed by atoms with Crippen molar-refractivity contribution < 1.29 is 14.7 Å². The van der Waals surface area contributed by atoms with E-state index >= 15 is 0 Å². The number of thiophene rings is 1. The molecule has 18 heavy (non-hydrogen) atoms. The van der Waals surface area contributed by atoms with E-state index in [1.54, 1.807) is 5.38 Å².